The van der Waals surface area contributed by atoms with E-state index >= 15 is 0 Å². The van der Waals surface area contributed by atoms with Crippen molar-refractivity contribution in [3.63, 3.8) is 0 Å². The zero-order chi connectivity index (χ0) is 13.1. The van der Waals surface area contributed by atoms with Gasteiger partial charge in [-0.15, -0.1) is 0 Å². The number of nitrogens with zero attached hydrogens (tertiary/aromatic N) is 1. The summed E-state index contributed by atoms with van der Waals surface area (Å²) in [6.45, 7) is 0. The molecule has 1 heterocycles. The summed E-state index contributed by atoms with van der Waals surface area (Å²) in [6, 6.07) is 8.51. The maximum absolute atomic E-state index is 6.00. The van der Waals surface area contributed by atoms with Gasteiger partial charge in [0.15, 0.2) is 0 Å². The number of rotatable bonds is 3. The van der Waals surface area contributed by atoms with Crippen molar-refractivity contribution in [2.24, 2.45) is 5.73 Å². The SMILES string of the molecule is NC(=S)c1ccc(Oc2cccc(Cl)c2Cl)nc1. The van der Waals surface area contributed by atoms with Crippen LogP contribution in [-0.2, 0) is 0 Å². The van der Waals surface area contributed by atoms with Crippen molar-refractivity contribution in [2.75, 3.05) is 0 Å². The van der Waals surface area contributed by atoms with Gasteiger partial charge in [0.05, 0.1) is 5.02 Å². The smallest absolute Gasteiger partial charge is 0.219 e. The first-order valence-electron chi connectivity index (χ1n) is 4.95. The van der Waals surface area contributed by atoms with Crippen LogP contribution in [0.15, 0.2) is 36.5 Å². The van der Waals surface area contributed by atoms with E-state index in [1.165, 1.54) is 6.20 Å². The van der Waals surface area contributed by atoms with Gasteiger partial charge in [0.25, 0.3) is 0 Å². The van der Waals surface area contributed by atoms with Crippen LogP contribution >= 0.6 is 35.4 Å². The number of hydrogen-bond donors (Lipinski definition) is 1. The Morgan fingerprint density at radius 3 is 2.61 bits per heavy atom. The minimum Gasteiger partial charge on any atom is -0.437 e. The van der Waals surface area contributed by atoms with Gasteiger partial charge in [-0.3, -0.25) is 0 Å². The molecule has 0 radical (unpaired) electrons. The molecule has 3 nitrogen and oxygen atoms in total. The fraction of sp³-hybridized carbons (Fsp3) is 0. The molecule has 1 aromatic carbocycles. The molecule has 0 atom stereocenters. The first-order chi connectivity index (χ1) is 8.58. The predicted molar refractivity (Wildman–Crippen MR) is 76.7 cm³/mol. The van der Waals surface area contributed by atoms with E-state index in [-0.39, 0.29) is 4.99 Å². The number of aromatic nitrogens is 1. The zero-order valence-corrected chi connectivity index (χ0v) is 11.4. The molecule has 0 spiro atoms. The second-order valence-corrected chi connectivity index (χ2v) is 4.63. The standard InChI is InChI=1S/C12H8Cl2N2OS/c13-8-2-1-3-9(11(8)14)17-10-5-4-7(6-16-10)12(15)18/h1-6H,(H2,15,18). The molecule has 0 bridgehead atoms. The lowest BCUT2D eigenvalue weighted by molar-refractivity contribution is 0.463. The Morgan fingerprint density at radius 1 is 1.22 bits per heavy atom. The summed E-state index contributed by atoms with van der Waals surface area (Å²) >= 11 is 16.7. The molecule has 0 aliphatic heterocycles. The Bertz CT molecular complexity index is 587. The maximum Gasteiger partial charge on any atom is 0.219 e. The first kappa shape index (κ1) is 13.1. The van der Waals surface area contributed by atoms with E-state index in [2.05, 4.69) is 4.98 Å². The summed E-state index contributed by atoms with van der Waals surface area (Å²) in [5.74, 6) is 0.832. The number of pyridine rings is 1. The highest BCUT2D eigenvalue weighted by Crippen LogP contribution is 2.33. The predicted octanol–water partition coefficient (Wildman–Crippen LogP) is 3.81. The van der Waals surface area contributed by atoms with Gasteiger partial charge >= 0.3 is 0 Å². The van der Waals surface area contributed by atoms with Crippen LogP contribution in [0.1, 0.15) is 5.56 Å². The van der Waals surface area contributed by atoms with E-state index < -0.39 is 0 Å². The molecule has 0 saturated heterocycles. The molecule has 1 aromatic heterocycles. The van der Waals surface area contributed by atoms with Gasteiger partial charge in [-0.25, -0.2) is 4.98 Å². The molecule has 2 rings (SSSR count). The summed E-state index contributed by atoms with van der Waals surface area (Å²) in [7, 11) is 0. The Morgan fingerprint density at radius 2 is 2.00 bits per heavy atom. The Balaban J connectivity index is 2.24. The monoisotopic (exact) mass is 298 g/mol. The molecule has 2 N–H and O–H groups in total. The Hall–Kier alpha value is -1.36. The number of halogens is 2. The quantitative estimate of drug-likeness (QED) is 0.875. The summed E-state index contributed by atoms with van der Waals surface area (Å²) in [6.07, 6.45) is 1.54. The lowest BCUT2D eigenvalue weighted by atomic mass is 10.3. The molecule has 0 aliphatic carbocycles. The van der Waals surface area contributed by atoms with Gasteiger partial charge in [-0.2, -0.15) is 0 Å². The van der Waals surface area contributed by atoms with Crippen LogP contribution in [-0.4, -0.2) is 9.97 Å². The highest BCUT2D eigenvalue weighted by molar-refractivity contribution is 7.80. The number of hydrogen-bond acceptors (Lipinski definition) is 3. The molecule has 6 heteroatoms. The normalized spacial score (nSPS) is 10.1. The molecule has 0 amide bonds. The van der Waals surface area contributed by atoms with Gasteiger partial charge in [0.2, 0.25) is 5.88 Å². The third-order valence-corrected chi connectivity index (χ3v) is 3.19. The zero-order valence-electron chi connectivity index (χ0n) is 9.06. The van der Waals surface area contributed by atoms with E-state index in [9.17, 15) is 0 Å². The van der Waals surface area contributed by atoms with Crippen LogP contribution in [0, 0.1) is 0 Å². The van der Waals surface area contributed by atoms with Crippen molar-refractivity contribution in [3.05, 3.63) is 52.1 Å². The third-order valence-electron chi connectivity index (χ3n) is 2.15. The van der Waals surface area contributed by atoms with Crippen LogP contribution in [0.3, 0.4) is 0 Å². The third kappa shape index (κ3) is 2.90. The molecule has 0 aliphatic rings. The minimum atomic E-state index is 0.287. The van der Waals surface area contributed by atoms with Gasteiger partial charge in [0.1, 0.15) is 15.8 Å². The fourth-order valence-corrected chi connectivity index (χ4v) is 1.71. The average Bonchev–Trinajstić information content (AvgIpc) is 2.36. The summed E-state index contributed by atoms with van der Waals surface area (Å²) in [5.41, 5.74) is 6.15. The second-order valence-electron chi connectivity index (χ2n) is 3.40. The Kier molecular flexibility index (Phi) is 4.01. The molecule has 92 valence electrons. The summed E-state index contributed by atoms with van der Waals surface area (Å²) in [4.78, 5) is 4.36. The number of benzene rings is 1. The molecule has 0 fully saturated rings. The molecular weight excluding hydrogens is 291 g/mol. The maximum atomic E-state index is 6.00. The second kappa shape index (κ2) is 5.52. The van der Waals surface area contributed by atoms with E-state index in [1.54, 1.807) is 30.3 Å². The van der Waals surface area contributed by atoms with Crippen molar-refractivity contribution in [2.45, 2.75) is 0 Å². The average molecular weight is 299 g/mol. The molecular formula is C12H8Cl2N2OS. The number of nitrogens with two attached hydrogens (primary N) is 1. The fourth-order valence-electron chi connectivity index (χ4n) is 1.26. The van der Waals surface area contributed by atoms with E-state index in [0.717, 1.165) is 0 Å². The summed E-state index contributed by atoms with van der Waals surface area (Å²) in [5, 5.41) is 0.772. The minimum absolute atomic E-state index is 0.287. The molecule has 0 saturated carbocycles. The topological polar surface area (TPSA) is 48.1 Å². The van der Waals surface area contributed by atoms with Crippen molar-refractivity contribution < 1.29 is 4.74 Å². The van der Waals surface area contributed by atoms with Crippen molar-refractivity contribution in [1.29, 1.82) is 0 Å². The van der Waals surface area contributed by atoms with Crippen molar-refractivity contribution >= 4 is 40.4 Å². The van der Waals surface area contributed by atoms with Gasteiger partial charge in [-0.05, 0) is 18.2 Å². The van der Waals surface area contributed by atoms with Crippen LogP contribution in [0.2, 0.25) is 10.0 Å². The summed E-state index contributed by atoms with van der Waals surface area (Å²) < 4.78 is 5.51. The first-order valence-corrected chi connectivity index (χ1v) is 6.12. The number of thiocarbonyl (C=S) groups is 1. The van der Waals surface area contributed by atoms with Crippen LogP contribution in [0.4, 0.5) is 0 Å². The lowest BCUT2D eigenvalue weighted by Crippen LogP contribution is -2.09. The van der Waals surface area contributed by atoms with E-state index in [1.807, 2.05) is 0 Å². The van der Waals surface area contributed by atoms with Gasteiger partial charge in [-0.1, -0.05) is 41.5 Å². The largest absolute Gasteiger partial charge is 0.437 e. The van der Waals surface area contributed by atoms with E-state index in [0.29, 0.717) is 27.2 Å². The Labute approximate surface area is 119 Å². The highest BCUT2D eigenvalue weighted by atomic mass is 35.5. The lowest BCUT2D eigenvalue weighted by Gasteiger charge is -2.07. The van der Waals surface area contributed by atoms with Crippen molar-refractivity contribution in [3.8, 4) is 11.6 Å². The van der Waals surface area contributed by atoms with Crippen LogP contribution < -0.4 is 10.5 Å². The van der Waals surface area contributed by atoms with Gasteiger partial charge in [0, 0.05) is 17.8 Å². The van der Waals surface area contributed by atoms with Crippen molar-refractivity contribution in [1.82, 2.24) is 4.98 Å². The van der Waals surface area contributed by atoms with Crippen LogP contribution in [0.5, 0.6) is 11.6 Å². The van der Waals surface area contributed by atoms with Gasteiger partial charge < -0.3 is 10.5 Å². The van der Waals surface area contributed by atoms with E-state index in [4.69, 9.17) is 45.9 Å². The number of ether oxygens (including phenoxy) is 1. The highest BCUT2D eigenvalue weighted by Gasteiger charge is 2.07. The van der Waals surface area contributed by atoms with Crippen LogP contribution in [0.25, 0.3) is 0 Å². The molecule has 2 aromatic rings. The molecule has 0 unspecified atom stereocenters. The molecule has 18 heavy (non-hydrogen) atoms.